The lowest BCUT2D eigenvalue weighted by molar-refractivity contribution is 0.167. The van der Waals surface area contributed by atoms with Crippen molar-refractivity contribution >= 4 is 5.96 Å². The molecule has 1 aliphatic heterocycles. The summed E-state index contributed by atoms with van der Waals surface area (Å²) in [7, 11) is 0. The molecule has 0 radical (unpaired) electrons. The number of aliphatic imine (C=N–C) groups is 1. The Kier molecular flexibility index (Phi) is 7.23. The van der Waals surface area contributed by atoms with Gasteiger partial charge in [-0.3, -0.25) is 4.99 Å². The third-order valence-electron chi connectivity index (χ3n) is 4.83. The SMILES string of the molecule is CCNC(=NCC1CC=CCC1)NC1CCN(C(C)C)CC1. The summed E-state index contributed by atoms with van der Waals surface area (Å²) >= 11 is 0. The lowest BCUT2D eigenvalue weighted by Gasteiger charge is -2.35. The van der Waals surface area contributed by atoms with Gasteiger partial charge in [-0.15, -0.1) is 0 Å². The van der Waals surface area contributed by atoms with E-state index in [9.17, 15) is 0 Å². The van der Waals surface area contributed by atoms with Gasteiger partial charge in [0.2, 0.25) is 0 Å². The Balaban J connectivity index is 1.79. The Morgan fingerprint density at radius 2 is 2.00 bits per heavy atom. The molecule has 0 bridgehead atoms. The Morgan fingerprint density at radius 1 is 1.23 bits per heavy atom. The van der Waals surface area contributed by atoms with Crippen LogP contribution in [0.15, 0.2) is 17.1 Å². The lowest BCUT2D eigenvalue weighted by atomic mass is 9.95. The van der Waals surface area contributed by atoms with Gasteiger partial charge in [0.15, 0.2) is 5.96 Å². The molecule has 126 valence electrons. The Bertz CT molecular complexity index is 367. The van der Waals surface area contributed by atoms with Crippen LogP contribution in [0.4, 0.5) is 0 Å². The molecular weight excluding hydrogens is 272 g/mol. The van der Waals surface area contributed by atoms with Gasteiger partial charge in [-0.25, -0.2) is 0 Å². The molecule has 2 N–H and O–H groups in total. The first-order valence-electron chi connectivity index (χ1n) is 9.13. The molecule has 2 rings (SSSR count). The molecule has 2 aliphatic rings. The van der Waals surface area contributed by atoms with Crippen LogP contribution in [0.1, 0.15) is 52.9 Å². The highest BCUT2D eigenvalue weighted by Gasteiger charge is 2.21. The van der Waals surface area contributed by atoms with Crippen LogP contribution in [0.5, 0.6) is 0 Å². The lowest BCUT2D eigenvalue weighted by Crippen LogP contribution is -2.50. The standard InChI is InChI=1S/C18H34N4/c1-4-19-18(20-14-16-8-6-5-7-9-16)21-17-10-12-22(13-11-17)15(2)3/h5-6,15-17H,4,7-14H2,1-3H3,(H2,19,20,21). The number of hydrogen-bond donors (Lipinski definition) is 2. The highest BCUT2D eigenvalue weighted by atomic mass is 15.2. The van der Waals surface area contributed by atoms with E-state index in [-0.39, 0.29) is 0 Å². The third-order valence-corrected chi connectivity index (χ3v) is 4.83. The molecule has 0 amide bonds. The molecule has 4 heteroatoms. The van der Waals surface area contributed by atoms with Gasteiger partial charge in [0.05, 0.1) is 0 Å². The summed E-state index contributed by atoms with van der Waals surface area (Å²) in [6.07, 6.45) is 10.7. The average molecular weight is 306 g/mol. The molecule has 4 nitrogen and oxygen atoms in total. The minimum Gasteiger partial charge on any atom is -0.357 e. The first-order valence-corrected chi connectivity index (χ1v) is 9.13. The summed E-state index contributed by atoms with van der Waals surface area (Å²) in [5.41, 5.74) is 0. The van der Waals surface area contributed by atoms with Crippen molar-refractivity contribution < 1.29 is 0 Å². The van der Waals surface area contributed by atoms with E-state index in [1.54, 1.807) is 0 Å². The molecule has 1 atom stereocenters. The van der Waals surface area contributed by atoms with Crippen LogP contribution in [-0.2, 0) is 0 Å². The zero-order valence-electron chi connectivity index (χ0n) is 14.6. The third kappa shape index (κ3) is 5.64. The van der Waals surface area contributed by atoms with Crippen LogP contribution in [-0.4, -0.2) is 49.1 Å². The van der Waals surface area contributed by atoms with Crippen molar-refractivity contribution in [2.24, 2.45) is 10.9 Å². The van der Waals surface area contributed by atoms with Gasteiger partial charge in [-0.05, 0) is 58.8 Å². The van der Waals surface area contributed by atoms with E-state index < -0.39 is 0 Å². The molecule has 0 saturated carbocycles. The Morgan fingerprint density at radius 3 is 2.59 bits per heavy atom. The van der Waals surface area contributed by atoms with Crippen molar-refractivity contribution in [3.63, 3.8) is 0 Å². The number of piperidine rings is 1. The van der Waals surface area contributed by atoms with Crippen LogP contribution in [0, 0.1) is 5.92 Å². The molecule has 1 heterocycles. The van der Waals surface area contributed by atoms with E-state index in [0.717, 1.165) is 25.0 Å². The number of allylic oxidation sites excluding steroid dienone is 2. The van der Waals surface area contributed by atoms with Gasteiger partial charge in [0, 0.05) is 38.3 Å². The van der Waals surface area contributed by atoms with E-state index in [1.165, 1.54) is 45.2 Å². The van der Waals surface area contributed by atoms with Crippen LogP contribution in [0.2, 0.25) is 0 Å². The maximum atomic E-state index is 4.83. The molecule has 22 heavy (non-hydrogen) atoms. The van der Waals surface area contributed by atoms with Crippen molar-refractivity contribution in [2.45, 2.75) is 65.0 Å². The summed E-state index contributed by atoms with van der Waals surface area (Å²) < 4.78 is 0. The first kappa shape index (κ1) is 17.3. The molecular formula is C18H34N4. The van der Waals surface area contributed by atoms with E-state index in [4.69, 9.17) is 4.99 Å². The molecule has 0 aromatic rings. The van der Waals surface area contributed by atoms with Crippen molar-refractivity contribution in [1.29, 1.82) is 0 Å². The number of hydrogen-bond acceptors (Lipinski definition) is 2. The maximum absolute atomic E-state index is 4.83. The fraction of sp³-hybridized carbons (Fsp3) is 0.833. The summed E-state index contributed by atoms with van der Waals surface area (Å²) in [6.45, 7) is 11.0. The van der Waals surface area contributed by atoms with Gasteiger partial charge >= 0.3 is 0 Å². The number of nitrogens with zero attached hydrogens (tertiary/aromatic N) is 2. The second-order valence-electron chi connectivity index (χ2n) is 6.92. The summed E-state index contributed by atoms with van der Waals surface area (Å²) in [5, 5.41) is 7.06. The van der Waals surface area contributed by atoms with Crippen molar-refractivity contribution in [2.75, 3.05) is 26.2 Å². The van der Waals surface area contributed by atoms with Gasteiger partial charge < -0.3 is 15.5 Å². The highest BCUT2D eigenvalue weighted by Crippen LogP contribution is 2.18. The largest absolute Gasteiger partial charge is 0.357 e. The fourth-order valence-corrected chi connectivity index (χ4v) is 3.32. The molecule has 1 fully saturated rings. The number of rotatable bonds is 5. The second-order valence-corrected chi connectivity index (χ2v) is 6.92. The quantitative estimate of drug-likeness (QED) is 0.466. The number of guanidine groups is 1. The van der Waals surface area contributed by atoms with E-state index in [0.29, 0.717) is 12.1 Å². The summed E-state index contributed by atoms with van der Waals surface area (Å²) in [4.78, 5) is 7.40. The summed E-state index contributed by atoms with van der Waals surface area (Å²) in [5.74, 6) is 1.74. The van der Waals surface area contributed by atoms with Gasteiger partial charge in [0.1, 0.15) is 0 Å². The van der Waals surface area contributed by atoms with Gasteiger partial charge in [0.25, 0.3) is 0 Å². The van der Waals surface area contributed by atoms with Gasteiger partial charge in [-0.2, -0.15) is 0 Å². The van der Waals surface area contributed by atoms with Gasteiger partial charge in [-0.1, -0.05) is 12.2 Å². The van der Waals surface area contributed by atoms with E-state index in [1.807, 2.05) is 0 Å². The average Bonchev–Trinajstić information content (AvgIpc) is 2.54. The van der Waals surface area contributed by atoms with Crippen molar-refractivity contribution in [3.8, 4) is 0 Å². The predicted octanol–water partition coefficient (Wildman–Crippen LogP) is 2.77. The van der Waals surface area contributed by atoms with E-state index >= 15 is 0 Å². The number of nitrogens with one attached hydrogen (secondary N) is 2. The molecule has 0 aromatic carbocycles. The Hall–Kier alpha value is -1.03. The molecule has 0 aromatic heterocycles. The maximum Gasteiger partial charge on any atom is 0.191 e. The Labute approximate surface area is 136 Å². The van der Waals surface area contributed by atoms with Crippen LogP contribution < -0.4 is 10.6 Å². The molecule has 1 aliphatic carbocycles. The summed E-state index contributed by atoms with van der Waals surface area (Å²) in [6, 6.07) is 1.24. The fourth-order valence-electron chi connectivity index (χ4n) is 3.32. The predicted molar refractivity (Wildman–Crippen MR) is 95.3 cm³/mol. The normalized spacial score (nSPS) is 24.7. The molecule has 0 spiro atoms. The molecule has 1 unspecified atom stereocenters. The van der Waals surface area contributed by atoms with Crippen LogP contribution >= 0.6 is 0 Å². The monoisotopic (exact) mass is 306 g/mol. The zero-order chi connectivity index (χ0) is 15.8. The smallest absolute Gasteiger partial charge is 0.191 e. The number of likely N-dealkylation sites (tertiary alicyclic amines) is 1. The van der Waals surface area contributed by atoms with Crippen LogP contribution in [0.25, 0.3) is 0 Å². The molecule has 1 saturated heterocycles. The highest BCUT2D eigenvalue weighted by molar-refractivity contribution is 5.80. The minimum atomic E-state index is 0.569. The van der Waals surface area contributed by atoms with Crippen molar-refractivity contribution in [3.05, 3.63) is 12.2 Å². The van der Waals surface area contributed by atoms with Crippen LogP contribution in [0.3, 0.4) is 0 Å². The zero-order valence-corrected chi connectivity index (χ0v) is 14.6. The first-order chi connectivity index (χ1) is 10.7. The minimum absolute atomic E-state index is 0.569. The second kappa shape index (κ2) is 9.19. The van der Waals surface area contributed by atoms with Crippen molar-refractivity contribution in [1.82, 2.24) is 15.5 Å². The topological polar surface area (TPSA) is 39.7 Å². The van der Waals surface area contributed by atoms with E-state index in [2.05, 4.69) is 48.5 Å².